The van der Waals surface area contributed by atoms with Crippen LogP contribution in [0.25, 0.3) is 0 Å². The highest BCUT2D eigenvalue weighted by molar-refractivity contribution is 6.30. The molecule has 3 aromatic carbocycles. The van der Waals surface area contributed by atoms with Gasteiger partial charge in [-0.1, -0.05) is 72.3 Å². The van der Waals surface area contributed by atoms with Crippen LogP contribution in [0.2, 0.25) is 5.02 Å². The lowest BCUT2D eigenvalue weighted by atomic mass is 10.0. The molecular formula is C26H26ClFN2O2. The largest absolute Gasteiger partial charge is 0.355 e. The zero-order valence-electron chi connectivity index (χ0n) is 17.9. The highest BCUT2D eigenvalue weighted by Gasteiger charge is 2.30. The second kappa shape index (κ2) is 11.4. The van der Waals surface area contributed by atoms with Gasteiger partial charge >= 0.3 is 0 Å². The Bertz CT molecular complexity index is 1040. The van der Waals surface area contributed by atoms with E-state index in [0.29, 0.717) is 23.6 Å². The normalized spacial score (nSPS) is 11.6. The molecule has 3 aromatic rings. The third kappa shape index (κ3) is 6.41. The van der Waals surface area contributed by atoms with E-state index in [2.05, 4.69) is 5.32 Å². The van der Waals surface area contributed by atoms with E-state index in [-0.39, 0.29) is 24.8 Å². The predicted molar refractivity (Wildman–Crippen MR) is 125 cm³/mol. The highest BCUT2D eigenvalue weighted by Crippen LogP contribution is 2.19. The molecular weight excluding hydrogens is 427 g/mol. The van der Waals surface area contributed by atoms with Gasteiger partial charge in [0.25, 0.3) is 0 Å². The molecule has 1 atom stereocenters. The fraction of sp³-hybridized carbons (Fsp3) is 0.231. The maximum Gasteiger partial charge on any atom is 0.243 e. The van der Waals surface area contributed by atoms with Crippen LogP contribution in [0.4, 0.5) is 4.39 Å². The van der Waals surface area contributed by atoms with Crippen LogP contribution in [0.3, 0.4) is 0 Å². The molecule has 0 aliphatic heterocycles. The summed E-state index contributed by atoms with van der Waals surface area (Å²) >= 11 is 5.96. The van der Waals surface area contributed by atoms with Crippen LogP contribution in [0.15, 0.2) is 78.9 Å². The average molecular weight is 453 g/mol. The number of nitrogens with one attached hydrogen (secondary N) is 1. The van der Waals surface area contributed by atoms with Gasteiger partial charge in [-0.3, -0.25) is 9.59 Å². The lowest BCUT2D eigenvalue weighted by Gasteiger charge is -2.31. The molecule has 32 heavy (non-hydrogen) atoms. The van der Waals surface area contributed by atoms with Crippen molar-refractivity contribution in [2.45, 2.75) is 32.4 Å². The highest BCUT2D eigenvalue weighted by atomic mass is 35.5. The Morgan fingerprint density at radius 2 is 1.59 bits per heavy atom. The Morgan fingerprint density at radius 1 is 0.938 bits per heavy atom. The molecule has 166 valence electrons. The Hall–Kier alpha value is -3.18. The van der Waals surface area contributed by atoms with Crippen LogP contribution in [0, 0.1) is 5.82 Å². The number of carbonyl (C=O) groups excluding carboxylic acids is 2. The first-order valence-electron chi connectivity index (χ1n) is 10.6. The molecule has 4 nitrogen and oxygen atoms in total. The minimum absolute atomic E-state index is 0.00622. The van der Waals surface area contributed by atoms with E-state index in [1.807, 2.05) is 37.3 Å². The minimum Gasteiger partial charge on any atom is -0.355 e. The first-order valence-corrected chi connectivity index (χ1v) is 10.9. The fourth-order valence-electron chi connectivity index (χ4n) is 3.53. The molecule has 0 aliphatic carbocycles. The zero-order valence-corrected chi connectivity index (χ0v) is 18.7. The second-order valence-electron chi connectivity index (χ2n) is 7.52. The van der Waals surface area contributed by atoms with Crippen molar-refractivity contribution in [1.29, 1.82) is 0 Å². The summed E-state index contributed by atoms with van der Waals surface area (Å²) < 4.78 is 14.5. The summed E-state index contributed by atoms with van der Waals surface area (Å²) in [6, 6.07) is 22.0. The maximum atomic E-state index is 14.5. The van der Waals surface area contributed by atoms with Crippen LogP contribution in [0.1, 0.15) is 23.6 Å². The summed E-state index contributed by atoms with van der Waals surface area (Å²) in [5, 5.41) is 3.41. The van der Waals surface area contributed by atoms with Crippen molar-refractivity contribution in [2.75, 3.05) is 6.54 Å². The molecule has 0 unspecified atom stereocenters. The van der Waals surface area contributed by atoms with E-state index in [0.717, 1.165) is 11.1 Å². The summed E-state index contributed by atoms with van der Waals surface area (Å²) in [5.74, 6) is -0.939. The maximum absolute atomic E-state index is 14.5. The summed E-state index contributed by atoms with van der Waals surface area (Å²) in [6.07, 6.45) is 0.407. The van der Waals surface area contributed by atoms with Crippen molar-refractivity contribution in [3.05, 3.63) is 106 Å². The summed E-state index contributed by atoms with van der Waals surface area (Å²) in [5.41, 5.74) is 2.05. The lowest BCUT2D eigenvalue weighted by Crippen LogP contribution is -2.51. The summed E-state index contributed by atoms with van der Waals surface area (Å²) in [6.45, 7) is 2.25. The van der Waals surface area contributed by atoms with Gasteiger partial charge in [0.2, 0.25) is 11.8 Å². The number of halogens is 2. The topological polar surface area (TPSA) is 49.4 Å². The Labute approximate surface area is 193 Å². The molecule has 1 N–H and O–H groups in total. The molecule has 0 fully saturated rings. The molecule has 0 saturated carbocycles. The quantitative estimate of drug-likeness (QED) is 0.507. The van der Waals surface area contributed by atoms with Crippen LogP contribution in [0.5, 0.6) is 0 Å². The fourth-order valence-corrected chi connectivity index (χ4v) is 3.66. The van der Waals surface area contributed by atoms with Gasteiger partial charge in [0.1, 0.15) is 11.9 Å². The van der Waals surface area contributed by atoms with Gasteiger partial charge in [0.05, 0.1) is 6.42 Å². The van der Waals surface area contributed by atoms with Crippen molar-refractivity contribution in [3.8, 4) is 0 Å². The molecule has 6 heteroatoms. The van der Waals surface area contributed by atoms with Gasteiger partial charge in [-0.2, -0.15) is 0 Å². The lowest BCUT2D eigenvalue weighted by molar-refractivity contribution is -0.140. The van der Waals surface area contributed by atoms with Crippen LogP contribution in [-0.2, 0) is 29.0 Å². The number of nitrogens with zero attached hydrogens (tertiary/aromatic N) is 1. The SMILES string of the molecule is CCNC(=O)[C@H](Cc1ccccc1)N(Cc1ccccc1F)C(=O)Cc1ccc(Cl)cc1. The van der Waals surface area contributed by atoms with Gasteiger partial charge in [0.15, 0.2) is 0 Å². The van der Waals surface area contributed by atoms with Crippen molar-refractivity contribution in [1.82, 2.24) is 10.2 Å². The number of hydrogen-bond acceptors (Lipinski definition) is 2. The van der Waals surface area contributed by atoms with Crippen molar-refractivity contribution < 1.29 is 14.0 Å². The van der Waals surface area contributed by atoms with Gasteiger partial charge in [-0.05, 0) is 36.2 Å². The number of rotatable bonds is 9. The Morgan fingerprint density at radius 3 is 2.25 bits per heavy atom. The molecule has 0 heterocycles. The monoisotopic (exact) mass is 452 g/mol. The van der Waals surface area contributed by atoms with E-state index >= 15 is 0 Å². The van der Waals surface area contributed by atoms with E-state index in [4.69, 9.17) is 11.6 Å². The Balaban J connectivity index is 1.95. The molecule has 0 aromatic heterocycles. The third-order valence-corrected chi connectivity index (χ3v) is 5.44. The first kappa shape index (κ1) is 23.5. The van der Waals surface area contributed by atoms with Crippen LogP contribution >= 0.6 is 11.6 Å². The van der Waals surface area contributed by atoms with Crippen LogP contribution < -0.4 is 5.32 Å². The molecule has 0 spiro atoms. The molecule has 0 bridgehead atoms. The van der Waals surface area contributed by atoms with Crippen LogP contribution in [-0.4, -0.2) is 29.3 Å². The van der Waals surface area contributed by atoms with Gasteiger partial charge < -0.3 is 10.2 Å². The summed E-state index contributed by atoms with van der Waals surface area (Å²) in [7, 11) is 0. The zero-order chi connectivity index (χ0) is 22.9. The van der Waals surface area contributed by atoms with E-state index in [1.54, 1.807) is 42.5 Å². The average Bonchev–Trinajstić information content (AvgIpc) is 2.79. The second-order valence-corrected chi connectivity index (χ2v) is 7.95. The number of likely N-dealkylation sites (N-methyl/N-ethyl adjacent to an activating group) is 1. The van der Waals surface area contributed by atoms with Crippen molar-refractivity contribution in [3.63, 3.8) is 0 Å². The third-order valence-electron chi connectivity index (χ3n) is 5.19. The predicted octanol–water partition coefficient (Wildman–Crippen LogP) is 4.80. The standard InChI is InChI=1S/C26H26ClFN2O2/c1-2-29-26(32)24(16-19-8-4-3-5-9-19)30(18-21-10-6-7-11-23(21)28)25(31)17-20-12-14-22(27)15-13-20/h3-15,24H,2,16-18H2,1H3,(H,29,32)/t24-/m0/s1. The van der Waals surface area contributed by atoms with E-state index < -0.39 is 11.9 Å². The van der Waals surface area contributed by atoms with E-state index in [1.165, 1.54) is 11.0 Å². The smallest absolute Gasteiger partial charge is 0.243 e. The molecule has 0 aliphatic rings. The number of benzene rings is 3. The van der Waals surface area contributed by atoms with Gasteiger partial charge in [-0.25, -0.2) is 4.39 Å². The Kier molecular flexibility index (Phi) is 8.40. The number of amides is 2. The van der Waals surface area contributed by atoms with E-state index in [9.17, 15) is 14.0 Å². The van der Waals surface area contributed by atoms with Gasteiger partial charge in [0, 0.05) is 30.1 Å². The molecule has 2 amide bonds. The molecule has 0 radical (unpaired) electrons. The van der Waals surface area contributed by atoms with Crippen molar-refractivity contribution >= 4 is 23.4 Å². The minimum atomic E-state index is -0.781. The number of carbonyl (C=O) groups is 2. The number of hydrogen-bond donors (Lipinski definition) is 1. The summed E-state index contributed by atoms with van der Waals surface area (Å²) in [4.78, 5) is 28.0. The van der Waals surface area contributed by atoms with Gasteiger partial charge in [-0.15, -0.1) is 0 Å². The first-order chi connectivity index (χ1) is 15.5. The molecule has 3 rings (SSSR count). The van der Waals surface area contributed by atoms with Crippen molar-refractivity contribution in [2.24, 2.45) is 0 Å². The molecule has 0 saturated heterocycles.